The molecule has 9 nitrogen and oxygen atoms in total. The molecule has 0 saturated carbocycles. The third-order valence-corrected chi connectivity index (χ3v) is 6.61. The first-order valence-electron chi connectivity index (χ1n) is 11.8. The Morgan fingerprint density at radius 2 is 1.53 bits per heavy atom. The summed E-state index contributed by atoms with van der Waals surface area (Å²) in [4.78, 5) is 47.2. The zero-order valence-corrected chi connectivity index (χ0v) is 19.4. The highest BCUT2D eigenvalue weighted by atomic mass is 16.5. The van der Waals surface area contributed by atoms with E-state index in [0.717, 1.165) is 0 Å². The molecule has 36 heavy (non-hydrogen) atoms. The van der Waals surface area contributed by atoms with Crippen molar-refractivity contribution in [3.05, 3.63) is 101 Å². The third kappa shape index (κ3) is 3.28. The van der Waals surface area contributed by atoms with Crippen LogP contribution in [0.3, 0.4) is 0 Å². The van der Waals surface area contributed by atoms with E-state index in [-0.39, 0.29) is 35.4 Å². The van der Waals surface area contributed by atoms with E-state index in [4.69, 9.17) is 4.74 Å². The van der Waals surface area contributed by atoms with Crippen molar-refractivity contribution >= 4 is 28.8 Å². The van der Waals surface area contributed by atoms with Gasteiger partial charge in [0.2, 0.25) is 11.8 Å². The number of nitrogens with zero attached hydrogens (tertiary/aromatic N) is 4. The number of ether oxygens (including phenoxy) is 1. The Kier molecular flexibility index (Phi) is 5.26. The Hall–Kier alpha value is -4.50. The molecular formula is C27H23N5O4. The minimum Gasteiger partial charge on any atom is -0.478 e. The number of anilines is 2. The number of pyridine rings is 1. The molecule has 0 aliphatic carbocycles. The van der Waals surface area contributed by atoms with E-state index in [1.165, 1.54) is 9.30 Å². The number of benzene rings is 2. The number of hydrazine groups is 1. The summed E-state index contributed by atoms with van der Waals surface area (Å²) < 4.78 is 7.24. The molecule has 2 aliphatic rings. The van der Waals surface area contributed by atoms with E-state index >= 15 is 0 Å². The fourth-order valence-electron chi connectivity index (χ4n) is 5.08. The van der Waals surface area contributed by atoms with Gasteiger partial charge in [-0.2, -0.15) is 4.98 Å². The highest BCUT2D eigenvalue weighted by molar-refractivity contribution is 6.25. The van der Waals surface area contributed by atoms with Gasteiger partial charge in [-0.05, 0) is 43.3 Å². The van der Waals surface area contributed by atoms with Crippen LogP contribution in [0.2, 0.25) is 0 Å². The van der Waals surface area contributed by atoms with Crippen LogP contribution in [0.4, 0.5) is 11.4 Å². The van der Waals surface area contributed by atoms with Gasteiger partial charge in [-0.15, -0.1) is 0 Å². The number of carbonyl (C=O) groups excluding carboxylic acids is 2. The summed E-state index contributed by atoms with van der Waals surface area (Å²) in [6.45, 7) is 2.09. The smallest absolute Gasteiger partial charge is 0.266 e. The Labute approximate surface area is 206 Å². The van der Waals surface area contributed by atoms with E-state index in [0.29, 0.717) is 17.0 Å². The lowest BCUT2D eigenvalue weighted by atomic mass is 9.91. The van der Waals surface area contributed by atoms with Gasteiger partial charge in [0.05, 0.1) is 35.5 Å². The number of amides is 2. The summed E-state index contributed by atoms with van der Waals surface area (Å²) in [5, 5.41) is 1.69. The van der Waals surface area contributed by atoms with Crippen molar-refractivity contribution in [1.82, 2.24) is 14.8 Å². The second-order valence-corrected chi connectivity index (χ2v) is 8.63. The average molecular weight is 482 g/mol. The molecule has 6 rings (SSSR count). The number of nitrogens with one attached hydrogen (secondary N) is 1. The summed E-state index contributed by atoms with van der Waals surface area (Å²) in [6.07, 6.45) is 1.63. The molecule has 2 fully saturated rings. The van der Waals surface area contributed by atoms with Gasteiger partial charge in [0.1, 0.15) is 11.7 Å². The van der Waals surface area contributed by atoms with Gasteiger partial charge in [0.25, 0.3) is 11.5 Å². The predicted molar refractivity (Wildman–Crippen MR) is 134 cm³/mol. The molecule has 2 aromatic heterocycles. The van der Waals surface area contributed by atoms with Crippen molar-refractivity contribution in [2.45, 2.75) is 19.0 Å². The fraction of sp³-hybridized carbons (Fsp3) is 0.185. The minimum atomic E-state index is -0.867. The first kappa shape index (κ1) is 22.0. The number of imide groups is 1. The van der Waals surface area contributed by atoms with Gasteiger partial charge in [-0.1, -0.05) is 42.5 Å². The van der Waals surface area contributed by atoms with E-state index < -0.39 is 18.0 Å². The highest BCUT2D eigenvalue weighted by Gasteiger charge is 2.60. The van der Waals surface area contributed by atoms with Crippen LogP contribution in [-0.2, 0) is 9.59 Å². The van der Waals surface area contributed by atoms with Crippen molar-refractivity contribution in [2.75, 3.05) is 16.5 Å². The molecule has 0 radical (unpaired) electrons. The Morgan fingerprint density at radius 1 is 0.861 bits per heavy atom. The summed E-state index contributed by atoms with van der Waals surface area (Å²) in [6, 6.07) is 21.7. The maximum Gasteiger partial charge on any atom is 0.266 e. The number of fused-ring (bicyclic) bond motifs is 2. The number of aromatic nitrogens is 2. The molecule has 0 unspecified atom stereocenters. The van der Waals surface area contributed by atoms with Gasteiger partial charge < -0.3 is 4.74 Å². The fourth-order valence-corrected chi connectivity index (χ4v) is 5.08. The third-order valence-electron chi connectivity index (χ3n) is 6.61. The van der Waals surface area contributed by atoms with Crippen molar-refractivity contribution in [2.24, 2.45) is 5.92 Å². The molecule has 2 aromatic carbocycles. The second-order valence-electron chi connectivity index (χ2n) is 8.63. The van der Waals surface area contributed by atoms with Gasteiger partial charge in [0.15, 0.2) is 0 Å². The molecule has 4 aromatic rings. The molecule has 2 amide bonds. The van der Waals surface area contributed by atoms with Crippen molar-refractivity contribution in [3.8, 4) is 5.88 Å². The van der Waals surface area contributed by atoms with E-state index in [2.05, 4.69) is 10.4 Å². The summed E-state index contributed by atoms with van der Waals surface area (Å²) in [5.74, 6) is -1.46. The lowest BCUT2D eigenvalue weighted by Gasteiger charge is -2.26. The normalized spacial score (nSPS) is 21.3. The molecule has 2 aliphatic heterocycles. The minimum absolute atomic E-state index is 0.151. The van der Waals surface area contributed by atoms with Crippen LogP contribution in [0.15, 0.2) is 89.9 Å². The molecule has 1 N–H and O–H groups in total. The van der Waals surface area contributed by atoms with Crippen molar-refractivity contribution in [3.63, 3.8) is 0 Å². The highest BCUT2D eigenvalue weighted by Crippen LogP contribution is 2.44. The first-order chi connectivity index (χ1) is 17.6. The van der Waals surface area contributed by atoms with Crippen LogP contribution in [0, 0.1) is 5.92 Å². The zero-order chi connectivity index (χ0) is 24.8. The molecule has 9 heteroatoms. The number of rotatable bonds is 5. The Balaban J connectivity index is 1.55. The number of carbonyl (C=O) groups is 2. The average Bonchev–Trinajstić information content (AvgIpc) is 3.42. The zero-order valence-electron chi connectivity index (χ0n) is 19.4. The largest absolute Gasteiger partial charge is 0.478 e. The molecular weight excluding hydrogens is 458 g/mol. The van der Waals surface area contributed by atoms with E-state index in [1.54, 1.807) is 60.6 Å². The number of hydrogen-bond acceptors (Lipinski definition) is 7. The maximum atomic E-state index is 13.9. The summed E-state index contributed by atoms with van der Waals surface area (Å²) >= 11 is 0. The Bertz CT molecular complexity index is 1520. The summed E-state index contributed by atoms with van der Waals surface area (Å²) in [5.41, 5.74) is 4.79. The quantitative estimate of drug-likeness (QED) is 0.438. The van der Waals surface area contributed by atoms with Crippen LogP contribution in [0.1, 0.15) is 18.5 Å². The SMILES string of the molecule is CCOc1nc2ccccn2c(=O)c1[C@@H]1NN(c2ccccc2)[C@@H]2C(=O)N(c3ccccc3)C(=O)[C@@H]21. The molecule has 180 valence electrons. The monoisotopic (exact) mass is 481 g/mol. The van der Waals surface area contributed by atoms with E-state index in [1.807, 2.05) is 36.4 Å². The van der Waals surface area contributed by atoms with Crippen LogP contribution >= 0.6 is 0 Å². The van der Waals surface area contributed by atoms with Crippen molar-refractivity contribution < 1.29 is 14.3 Å². The molecule has 0 spiro atoms. The molecule has 3 atom stereocenters. The van der Waals surface area contributed by atoms with Crippen LogP contribution in [-0.4, -0.2) is 33.8 Å². The second kappa shape index (κ2) is 8.62. The van der Waals surface area contributed by atoms with Gasteiger partial charge in [-0.25, -0.2) is 10.3 Å². The van der Waals surface area contributed by atoms with Gasteiger partial charge in [-0.3, -0.25) is 23.8 Å². The molecule has 2 saturated heterocycles. The van der Waals surface area contributed by atoms with Crippen LogP contribution < -0.4 is 25.6 Å². The summed E-state index contributed by atoms with van der Waals surface area (Å²) in [7, 11) is 0. The maximum absolute atomic E-state index is 13.9. The lowest BCUT2D eigenvalue weighted by molar-refractivity contribution is -0.122. The Morgan fingerprint density at radius 3 is 2.22 bits per heavy atom. The topological polar surface area (TPSA) is 96.2 Å². The predicted octanol–water partition coefficient (Wildman–Crippen LogP) is 2.72. The van der Waals surface area contributed by atoms with E-state index in [9.17, 15) is 14.4 Å². The van der Waals surface area contributed by atoms with Crippen LogP contribution in [0.5, 0.6) is 5.88 Å². The number of para-hydroxylation sites is 2. The number of hydrogen-bond donors (Lipinski definition) is 1. The van der Waals surface area contributed by atoms with Gasteiger partial charge in [0, 0.05) is 6.20 Å². The standard InChI is InChI=1S/C27H23N5O4/c1-2-36-24-21(25(33)30-16-10-9-15-19(30)28-24)22-20-23(32(29-22)18-13-7-4-8-14-18)27(35)31(26(20)34)17-11-5-3-6-12-17/h3-16,20,22-23,29H,2H2,1H3/t20-,22-,23+/m1/s1. The van der Waals surface area contributed by atoms with Gasteiger partial charge >= 0.3 is 0 Å². The first-order valence-corrected chi connectivity index (χ1v) is 11.8. The molecule has 4 heterocycles. The van der Waals surface area contributed by atoms with Crippen LogP contribution in [0.25, 0.3) is 5.65 Å². The van der Waals surface area contributed by atoms with Crippen molar-refractivity contribution in [1.29, 1.82) is 0 Å². The lowest BCUT2D eigenvalue weighted by Crippen LogP contribution is -2.46. The molecule has 0 bridgehead atoms.